The second-order valence-corrected chi connectivity index (χ2v) is 5.16. The molecule has 6 nitrogen and oxygen atoms in total. The first kappa shape index (κ1) is 16.1. The molecule has 2 aromatic rings. The molecule has 114 valence electrons. The molecule has 0 bridgehead atoms. The molecule has 1 amide bonds. The zero-order chi connectivity index (χ0) is 16.4. The lowest BCUT2D eigenvalue weighted by atomic mass is 10.1. The number of carbonyl (C=O) groups is 2. The summed E-state index contributed by atoms with van der Waals surface area (Å²) in [5.74, 6) is -2.70. The summed E-state index contributed by atoms with van der Waals surface area (Å²) in [4.78, 5) is 22.9. The Hall–Kier alpha value is -2.28. The van der Waals surface area contributed by atoms with E-state index in [2.05, 4.69) is 0 Å². The number of benzene rings is 2. The first-order chi connectivity index (χ1) is 10.3. The van der Waals surface area contributed by atoms with Crippen molar-refractivity contribution in [3.05, 3.63) is 57.6 Å². The molecule has 0 saturated carbocycles. The number of rotatable bonds is 3. The fraction of sp³-hybridized carbons (Fsp3) is 0. The van der Waals surface area contributed by atoms with Crippen LogP contribution >= 0.6 is 23.2 Å². The van der Waals surface area contributed by atoms with Gasteiger partial charge in [-0.15, -0.1) is 0 Å². The molecule has 2 aromatic carbocycles. The van der Waals surface area contributed by atoms with Crippen molar-refractivity contribution in [3.63, 3.8) is 0 Å². The molecule has 0 fully saturated rings. The maximum absolute atomic E-state index is 12.2. The lowest BCUT2D eigenvalue weighted by Crippen LogP contribution is -2.27. The van der Waals surface area contributed by atoms with Gasteiger partial charge in [0.05, 0.1) is 5.56 Å². The quantitative estimate of drug-likeness (QED) is 0.586. The summed E-state index contributed by atoms with van der Waals surface area (Å²) in [6, 6.07) is 7.16. The van der Waals surface area contributed by atoms with E-state index in [1.54, 1.807) is 0 Å². The molecule has 8 heteroatoms. The largest absolute Gasteiger partial charge is 0.506 e. The first-order valence-corrected chi connectivity index (χ1v) is 6.61. The number of nitrogens with zero attached hydrogens (tertiary/aromatic N) is 1. The number of anilines is 1. The van der Waals surface area contributed by atoms with Gasteiger partial charge in [0.25, 0.3) is 5.91 Å². The number of amides is 1. The van der Waals surface area contributed by atoms with Crippen molar-refractivity contribution in [3.8, 4) is 5.75 Å². The molecule has 0 atom stereocenters. The van der Waals surface area contributed by atoms with Gasteiger partial charge in [-0.05, 0) is 36.4 Å². The summed E-state index contributed by atoms with van der Waals surface area (Å²) in [6.45, 7) is 0. The van der Waals surface area contributed by atoms with E-state index in [4.69, 9.17) is 28.3 Å². The molecule has 0 unspecified atom stereocenters. The van der Waals surface area contributed by atoms with Crippen LogP contribution in [0.4, 0.5) is 5.69 Å². The minimum absolute atomic E-state index is 0.00158. The number of carboxylic acid groups (broad SMARTS) is 1. The van der Waals surface area contributed by atoms with Crippen molar-refractivity contribution < 1.29 is 25.0 Å². The third-order valence-electron chi connectivity index (χ3n) is 2.75. The minimum atomic E-state index is -1.25. The van der Waals surface area contributed by atoms with Gasteiger partial charge in [0, 0.05) is 15.6 Å². The molecular formula is C14H9Cl2NO5. The Kier molecular flexibility index (Phi) is 4.56. The summed E-state index contributed by atoms with van der Waals surface area (Å²) >= 11 is 11.6. The summed E-state index contributed by atoms with van der Waals surface area (Å²) in [5.41, 5.74) is -0.458. The summed E-state index contributed by atoms with van der Waals surface area (Å²) in [6.07, 6.45) is 0. The molecule has 0 aliphatic rings. The Morgan fingerprint density at radius 1 is 0.955 bits per heavy atom. The van der Waals surface area contributed by atoms with Crippen LogP contribution in [0.2, 0.25) is 10.0 Å². The van der Waals surface area contributed by atoms with Crippen LogP contribution in [0.3, 0.4) is 0 Å². The van der Waals surface area contributed by atoms with Crippen molar-refractivity contribution in [2.75, 3.05) is 5.06 Å². The Morgan fingerprint density at radius 3 is 2.05 bits per heavy atom. The standard InChI is InChI=1S/C14H9Cl2NO5/c15-9-3-8(4-10(16)6-9)13(19)17(22)11-2-1-7(14(20)21)5-12(11)18/h1-6,18,22H,(H,20,21). The molecule has 22 heavy (non-hydrogen) atoms. The molecule has 0 aliphatic heterocycles. The van der Waals surface area contributed by atoms with Gasteiger partial charge in [0.2, 0.25) is 0 Å². The molecule has 2 rings (SSSR count). The summed E-state index contributed by atoms with van der Waals surface area (Å²) < 4.78 is 0. The number of phenolic OH excluding ortho intramolecular Hbond substituents is 1. The van der Waals surface area contributed by atoms with E-state index < -0.39 is 17.6 Å². The molecule has 0 spiro atoms. The molecule has 0 saturated heterocycles. The van der Waals surface area contributed by atoms with Crippen molar-refractivity contribution in [2.24, 2.45) is 0 Å². The Morgan fingerprint density at radius 2 is 1.55 bits per heavy atom. The third-order valence-corrected chi connectivity index (χ3v) is 3.19. The highest BCUT2D eigenvalue weighted by Gasteiger charge is 2.20. The molecule has 0 radical (unpaired) electrons. The van der Waals surface area contributed by atoms with Crippen LogP contribution < -0.4 is 5.06 Å². The SMILES string of the molecule is O=C(O)c1ccc(N(O)C(=O)c2cc(Cl)cc(Cl)c2)c(O)c1. The van der Waals surface area contributed by atoms with Crippen LogP contribution in [-0.4, -0.2) is 27.3 Å². The Balaban J connectivity index is 2.36. The van der Waals surface area contributed by atoms with Crippen LogP contribution in [0.15, 0.2) is 36.4 Å². The van der Waals surface area contributed by atoms with Crippen LogP contribution in [-0.2, 0) is 0 Å². The fourth-order valence-corrected chi connectivity index (χ4v) is 2.27. The zero-order valence-electron chi connectivity index (χ0n) is 10.8. The van der Waals surface area contributed by atoms with Gasteiger partial charge in [-0.2, -0.15) is 5.06 Å². The lowest BCUT2D eigenvalue weighted by Gasteiger charge is -2.16. The van der Waals surface area contributed by atoms with Crippen molar-refractivity contribution >= 4 is 40.8 Å². The topological polar surface area (TPSA) is 98.1 Å². The maximum atomic E-state index is 12.2. The maximum Gasteiger partial charge on any atom is 0.335 e. The predicted octanol–water partition coefficient (Wildman–Crippen LogP) is 3.43. The van der Waals surface area contributed by atoms with Gasteiger partial charge in [0.15, 0.2) is 0 Å². The van der Waals surface area contributed by atoms with Gasteiger partial charge in [0.1, 0.15) is 11.4 Å². The molecule has 0 heterocycles. The lowest BCUT2D eigenvalue weighted by molar-refractivity contribution is 0.0696. The van der Waals surface area contributed by atoms with Crippen molar-refractivity contribution in [1.82, 2.24) is 0 Å². The van der Waals surface area contributed by atoms with Gasteiger partial charge >= 0.3 is 5.97 Å². The van der Waals surface area contributed by atoms with E-state index in [-0.39, 0.29) is 31.9 Å². The Labute approximate surface area is 134 Å². The van der Waals surface area contributed by atoms with Crippen LogP contribution in [0, 0.1) is 0 Å². The first-order valence-electron chi connectivity index (χ1n) is 5.85. The van der Waals surface area contributed by atoms with E-state index in [1.165, 1.54) is 18.2 Å². The highest BCUT2D eigenvalue weighted by Crippen LogP contribution is 2.29. The monoisotopic (exact) mass is 341 g/mol. The molecule has 0 aromatic heterocycles. The second kappa shape index (κ2) is 6.23. The van der Waals surface area contributed by atoms with Crippen LogP contribution in [0.5, 0.6) is 5.75 Å². The second-order valence-electron chi connectivity index (χ2n) is 4.28. The number of hydroxylamine groups is 1. The zero-order valence-corrected chi connectivity index (χ0v) is 12.3. The van der Waals surface area contributed by atoms with Gasteiger partial charge in [-0.25, -0.2) is 4.79 Å². The Bertz CT molecular complexity index is 743. The van der Waals surface area contributed by atoms with E-state index >= 15 is 0 Å². The normalized spacial score (nSPS) is 10.3. The number of carbonyl (C=O) groups excluding carboxylic acids is 1. The minimum Gasteiger partial charge on any atom is -0.506 e. The van der Waals surface area contributed by atoms with Crippen molar-refractivity contribution in [2.45, 2.75) is 0 Å². The number of aromatic carboxylic acids is 1. The number of aromatic hydroxyl groups is 1. The average Bonchev–Trinajstić information content (AvgIpc) is 2.44. The average molecular weight is 342 g/mol. The van der Waals surface area contributed by atoms with Gasteiger partial charge in [-0.1, -0.05) is 23.2 Å². The van der Waals surface area contributed by atoms with Crippen LogP contribution in [0.1, 0.15) is 20.7 Å². The number of hydrogen-bond acceptors (Lipinski definition) is 4. The number of phenols is 1. The van der Waals surface area contributed by atoms with E-state index in [1.807, 2.05) is 0 Å². The van der Waals surface area contributed by atoms with Gasteiger partial charge in [-0.3, -0.25) is 10.0 Å². The van der Waals surface area contributed by atoms with Crippen molar-refractivity contribution in [1.29, 1.82) is 0 Å². The van der Waals surface area contributed by atoms with Gasteiger partial charge < -0.3 is 10.2 Å². The molecular weight excluding hydrogens is 333 g/mol. The fourth-order valence-electron chi connectivity index (χ4n) is 1.74. The third kappa shape index (κ3) is 3.30. The van der Waals surface area contributed by atoms with E-state index in [0.717, 1.165) is 18.2 Å². The summed E-state index contributed by atoms with van der Waals surface area (Å²) in [7, 11) is 0. The number of carboxylic acids is 1. The smallest absolute Gasteiger partial charge is 0.335 e. The van der Waals surface area contributed by atoms with E-state index in [9.17, 15) is 19.9 Å². The molecule has 0 aliphatic carbocycles. The number of halogens is 2. The predicted molar refractivity (Wildman–Crippen MR) is 80.1 cm³/mol. The highest BCUT2D eigenvalue weighted by atomic mass is 35.5. The van der Waals surface area contributed by atoms with E-state index in [0.29, 0.717) is 0 Å². The summed E-state index contributed by atoms with van der Waals surface area (Å²) in [5, 5.41) is 29.1. The highest BCUT2D eigenvalue weighted by molar-refractivity contribution is 6.35. The van der Waals surface area contributed by atoms with Crippen LogP contribution in [0.25, 0.3) is 0 Å². The molecule has 3 N–H and O–H groups in total. The number of hydrogen-bond donors (Lipinski definition) is 3.